The second-order valence-corrected chi connectivity index (χ2v) is 9.93. The molecule has 0 spiro atoms. The first-order valence-corrected chi connectivity index (χ1v) is 12.3. The van der Waals surface area contributed by atoms with Gasteiger partial charge in [-0.2, -0.15) is 23.4 Å². The zero-order valence-corrected chi connectivity index (χ0v) is 20.8. The molecule has 1 aliphatic rings. The van der Waals surface area contributed by atoms with Crippen LogP contribution < -0.4 is 16.0 Å². The minimum atomic E-state index is -4.35. The van der Waals surface area contributed by atoms with Crippen molar-refractivity contribution >= 4 is 28.4 Å². The molecule has 0 saturated carbocycles. The van der Waals surface area contributed by atoms with Crippen molar-refractivity contribution in [3.63, 3.8) is 0 Å². The smallest absolute Gasteiger partial charge is 0.369 e. The predicted octanol–water partition coefficient (Wildman–Crippen LogP) is 4.58. The Morgan fingerprint density at radius 3 is 2.73 bits per heavy atom. The maximum Gasteiger partial charge on any atom is 0.408 e. The molecule has 4 aromatic heterocycles. The summed E-state index contributed by atoms with van der Waals surface area (Å²) < 4.78 is 41.4. The number of fused-ring (bicyclic) bond motifs is 1. The SMILES string of the molecule is CC(C)Cn1ncc2ccc(Nc3cc(N4CCC[C@H](N)C4)c(-c4cnn(CC(F)(F)F)c4)cn3)nc21. The fourth-order valence-corrected chi connectivity index (χ4v) is 4.63. The highest BCUT2D eigenvalue weighted by molar-refractivity contribution is 5.81. The maximum absolute atomic E-state index is 12.9. The Morgan fingerprint density at radius 2 is 1.97 bits per heavy atom. The minimum absolute atomic E-state index is 0.0180. The van der Waals surface area contributed by atoms with Gasteiger partial charge in [0.2, 0.25) is 0 Å². The lowest BCUT2D eigenvalue weighted by Crippen LogP contribution is -2.43. The fourth-order valence-electron chi connectivity index (χ4n) is 4.63. The predicted molar refractivity (Wildman–Crippen MR) is 137 cm³/mol. The Bertz CT molecular complexity index is 1380. The topological polar surface area (TPSA) is 103 Å². The summed E-state index contributed by atoms with van der Waals surface area (Å²) in [6.45, 7) is 5.30. The van der Waals surface area contributed by atoms with Crippen LogP contribution in [0.4, 0.5) is 30.5 Å². The number of halogens is 3. The normalized spacial score (nSPS) is 16.6. The molecule has 1 aliphatic heterocycles. The molecule has 9 nitrogen and oxygen atoms in total. The van der Waals surface area contributed by atoms with Gasteiger partial charge in [-0.25, -0.2) is 14.6 Å². The number of nitrogens with zero attached hydrogens (tertiary/aromatic N) is 7. The molecule has 4 aromatic rings. The fraction of sp³-hybridized carbons (Fsp3) is 0.440. The summed E-state index contributed by atoms with van der Waals surface area (Å²) in [6.07, 6.45) is 3.81. The number of aromatic nitrogens is 6. The third-order valence-corrected chi connectivity index (χ3v) is 6.25. The van der Waals surface area contributed by atoms with Crippen LogP contribution >= 0.6 is 0 Å². The van der Waals surface area contributed by atoms with Crippen molar-refractivity contribution in [1.82, 2.24) is 29.5 Å². The molecule has 196 valence electrons. The van der Waals surface area contributed by atoms with Gasteiger partial charge in [0.25, 0.3) is 0 Å². The van der Waals surface area contributed by atoms with E-state index in [0.29, 0.717) is 35.2 Å². The molecule has 0 radical (unpaired) electrons. The largest absolute Gasteiger partial charge is 0.408 e. The van der Waals surface area contributed by atoms with E-state index in [4.69, 9.17) is 10.7 Å². The van der Waals surface area contributed by atoms with Crippen molar-refractivity contribution in [2.24, 2.45) is 11.7 Å². The summed E-state index contributed by atoms with van der Waals surface area (Å²) in [5.41, 5.74) is 9.13. The molecular formula is C25H30F3N9. The van der Waals surface area contributed by atoms with Gasteiger partial charge in [-0.15, -0.1) is 0 Å². The van der Waals surface area contributed by atoms with Gasteiger partial charge in [-0.3, -0.25) is 4.68 Å². The van der Waals surface area contributed by atoms with E-state index in [2.05, 4.69) is 39.2 Å². The first-order valence-electron chi connectivity index (χ1n) is 12.3. The monoisotopic (exact) mass is 513 g/mol. The molecule has 0 aromatic carbocycles. The van der Waals surface area contributed by atoms with E-state index in [0.717, 1.165) is 47.3 Å². The van der Waals surface area contributed by atoms with E-state index in [1.807, 2.05) is 22.9 Å². The van der Waals surface area contributed by atoms with E-state index >= 15 is 0 Å². The number of nitrogens with one attached hydrogen (secondary N) is 1. The van der Waals surface area contributed by atoms with Gasteiger partial charge in [0.1, 0.15) is 18.2 Å². The Hall–Kier alpha value is -3.67. The molecule has 12 heteroatoms. The summed E-state index contributed by atoms with van der Waals surface area (Å²) in [5.74, 6) is 1.62. The van der Waals surface area contributed by atoms with Crippen LogP contribution in [0.5, 0.6) is 0 Å². The summed E-state index contributed by atoms with van der Waals surface area (Å²) in [4.78, 5) is 11.5. The molecule has 0 bridgehead atoms. The van der Waals surface area contributed by atoms with Gasteiger partial charge < -0.3 is 16.0 Å². The average molecular weight is 514 g/mol. The molecule has 0 unspecified atom stereocenters. The molecule has 3 N–H and O–H groups in total. The van der Waals surface area contributed by atoms with Crippen molar-refractivity contribution in [2.45, 2.75) is 52.0 Å². The van der Waals surface area contributed by atoms with E-state index in [1.54, 1.807) is 12.4 Å². The molecular weight excluding hydrogens is 483 g/mol. The average Bonchev–Trinajstić information content (AvgIpc) is 3.44. The van der Waals surface area contributed by atoms with Crippen LogP contribution in [0.1, 0.15) is 26.7 Å². The number of hydrogen-bond acceptors (Lipinski definition) is 7. The summed E-state index contributed by atoms with van der Waals surface area (Å²) in [6, 6.07) is 5.75. The number of rotatable bonds is 7. The number of piperidine rings is 1. The van der Waals surface area contributed by atoms with E-state index in [-0.39, 0.29) is 6.04 Å². The summed E-state index contributed by atoms with van der Waals surface area (Å²) in [7, 11) is 0. The second-order valence-electron chi connectivity index (χ2n) is 9.93. The Balaban J connectivity index is 1.47. The van der Waals surface area contributed by atoms with Crippen LogP contribution in [-0.2, 0) is 13.1 Å². The van der Waals surface area contributed by atoms with E-state index in [1.165, 1.54) is 12.4 Å². The van der Waals surface area contributed by atoms with Crippen molar-refractivity contribution in [1.29, 1.82) is 0 Å². The molecule has 5 heterocycles. The minimum Gasteiger partial charge on any atom is -0.369 e. The first-order chi connectivity index (χ1) is 17.6. The molecule has 1 saturated heterocycles. The molecule has 1 fully saturated rings. The highest BCUT2D eigenvalue weighted by Gasteiger charge is 2.29. The molecule has 37 heavy (non-hydrogen) atoms. The lowest BCUT2D eigenvalue weighted by molar-refractivity contribution is -0.142. The van der Waals surface area contributed by atoms with Crippen molar-refractivity contribution in [3.05, 3.63) is 43.0 Å². The Labute approximate surface area is 212 Å². The van der Waals surface area contributed by atoms with Crippen LogP contribution in [0, 0.1) is 5.92 Å². The van der Waals surface area contributed by atoms with Crippen LogP contribution in [0.2, 0.25) is 0 Å². The van der Waals surface area contributed by atoms with Gasteiger partial charge in [0.05, 0.1) is 12.4 Å². The van der Waals surface area contributed by atoms with Crippen LogP contribution in [0.25, 0.3) is 22.2 Å². The number of anilines is 3. The van der Waals surface area contributed by atoms with Gasteiger partial charge in [-0.05, 0) is 30.9 Å². The molecule has 1 atom stereocenters. The number of hydrogen-bond donors (Lipinski definition) is 2. The van der Waals surface area contributed by atoms with Crippen LogP contribution in [0.3, 0.4) is 0 Å². The molecule has 0 amide bonds. The van der Waals surface area contributed by atoms with Gasteiger partial charge in [0.15, 0.2) is 5.65 Å². The van der Waals surface area contributed by atoms with Crippen molar-refractivity contribution in [3.8, 4) is 11.1 Å². The van der Waals surface area contributed by atoms with Crippen molar-refractivity contribution in [2.75, 3.05) is 23.3 Å². The number of alkyl halides is 3. The zero-order chi connectivity index (χ0) is 26.2. The number of nitrogens with two attached hydrogens (primary N) is 1. The van der Waals surface area contributed by atoms with Gasteiger partial charge in [-0.1, -0.05) is 13.8 Å². The number of pyridine rings is 2. The third-order valence-electron chi connectivity index (χ3n) is 6.25. The van der Waals surface area contributed by atoms with E-state index in [9.17, 15) is 13.2 Å². The van der Waals surface area contributed by atoms with Crippen LogP contribution in [0.15, 0.2) is 43.0 Å². The second kappa shape index (κ2) is 10.0. The Morgan fingerprint density at radius 1 is 1.14 bits per heavy atom. The lowest BCUT2D eigenvalue weighted by Gasteiger charge is -2.34. The van der Waals surface area contributed by atoms with Crippen LogP contribution in [-0.4, -0.2) is 54.8 Å². The van der Waals surface area contributed by atoms with Crippen molar-refractivity contribution < 1.29 is 13.2 Å². The van der Waals surface area contributed by atoms with E-state index < -0.39 is 12.7 Å². The summed E-state index contributed by atoms with van der Waals surface area (Å²) in [5, 5.41) is 12.6. The standard InChI is InChI=1S/C25H30F3N9/c1-16(2)12-37-24-17(9-32-37)5-6-22(34-24)33-23-8-21(35-7-3-4-19(29)14-35)20(11-30-23)18-10-31-36(13-18)15-25(26,27)28/h5-6,8-11,13,16,19H,3-4,7,12,14-15,29H2,1-2H3,(H,30,33,34)/t19-/m0/s1. The first kappa shape index (κ1) is 25.0. The third kappa shape index (κ3) is 5.85. The lowest BCUT2D eigenvalue weighted by atomic mass is 10.0. The molecule has 5 rings (SSSR count). The molecule has 0 aliphatic carbocycles. The zero-order valence-electron chi connectivity index (χ0n) is 20.8. The maximum atomic E-state index is 12.9. The highest BCUT2D eigenvalue weighted by atomic mass is 19.4. The quantitative estimate of drug-likeness (QED) is 0.373. The summed E-state index contributed by atoms with van der Waals surface area (Å²) >= 11 is 0. The Kier molecular flexibility index (Phi) is 6.76. The van der Waals surface area contributed by atoms with Gasteiger partial charge in [0, 0.05) is 66.3 Å². The highest BCUT2D eigenvalue weighted by Crippen LogP contribution is 2.34. The van der Waals surface area contributed by atoms with Gasteiger partial charge >= 0.3 is 6.18 Å².